The Morgan fingerprint density at radius 2 is 1.47 bits per heavy atom. The number of H-pyrrole nitrogens is 1. The summed E-state index contributed by atoms with van der Waals surface area (Å²) in [6.07, 6.45) is 3.42. The third kappa shape index (κ3) is 3.71. The van der Waals surface area contributed by atoms with Crippen molar-refractivity contribution < 1.29 is 14.4 Å². The standard InChI is InChI=1S/C27H24N4O3/c32-24(17-9-10-19-18-28-23-16-8-7-15-22(19)23)30-31-25(33)27(29-26(31)34,20-11-3-1-4-12-20)21-13-5-2-6-14-21/h1-8,11-16,18,28H,9-10,17H2,(H,29,34)(H,30,32). The Morgan fingerprint density at radius 1 is 0.853 bits per heavy atom. The van der Waals surface area contributed by atoms with Gasteiger partial charge in [-0.1, -0.05) is 78.9 Å². The molecule has 5 rings (SSSR count). The quantitative estimate of drug-likeness (QED) is 0.370. The molecular formula is C27H24N4O3. The zero-order valence-corrected chi connectivity index (χ0v) is 18.5. The zero-order valence-electron chi connectivity index (χ0n) is 18.5. The van der Waals surface area contributed by atoms with Crippen molar-refractivity contribution in [1.29, 1.82) is 0 Å². The van der Waals surface area contributed by atoms with Crippen molar-refractivity contribution in [2.45, 2.75) is 24.8 Å². The van der Waals surface area contributed by atoms with Gasteiger partial charge in [-0.2, -0.15) is 5.01 Å². The highest BCUT2D eigenvalue weighted by atomic mass is 16.2. The van der Waals surface area contributed by atoms with Gasteiger partial charge in [0.1, 0.15) is 0 Å². The number of para-hydroxylation sites is 1. The number of urea groups is 1. The largest absolute Gasteiger partial charge is 0.361 e. The van der Waals surface area contributed by atoms with Crippen LogP contribution in [0.25, 0.3) is 10.9 Å². The van der Waals surface area contributed by atoms with Gasteiger partial charge in [0.05, 0.1) is 0 Å². The van der Waals surface area contributed by atoms with Crippen molar-refractivity contribution in [1.82, 2.24) is 20.7 Å². The van der Waals surface area contributed by atoms with Crippen molar-refractivity contribution in [2.24, 2.45) is 0 Å². The van der Waals surface area contributed by atoms with E-state index in [0.29, 0.717) is 24.0 Å². The number of nitrogens with one attached hydrogen (secondary N) is 3. The maximum Gasteiger partial charge on any atom is 0.344 e. The molecule has 4 amide bonds. The molecule has 1 fully saturated rings. The highest BCUT2D eigenvalue weighted by Crippen LogP contribution is 2.35. The number of amides is 4. The summed E-state index contributed by atoms with van der Waals surface area (Å²) in [7, 11) is 0. The Balaban J connectivity index is 1.31. The number of rotatable bonds is 7. The average molecular weight is 453 g/mol. The molecule has 0 saturated carbocycles. The van der Waals surface area contributed by atoms with Crippen LogP contribution in [0.15, 0.2) is 91.1 Å². The highest BCUT2D eigenvalue weighted by molar-refractivity contribution is 6.10. The van der Waals surface area contributed by atoms with Crippen LogP contribution in [-0.4, -0.2) is 27.8 Å². The summed E-state index contributed by atoms with van der Waals surface area (Å²) < 4.78 is 0. The van der Waals surface area contributed by atoms with Crippen LogP contribution in [0.3, 0.4) is 0 Å². The van der Waals surface area contributed by atoms with Gasteiger partial charge in [0, 0.05) is 23.5 Å². The minimum Gasteiger partial charge on any atom is -0.361 e. The second-order valence-electron chi connectivity index (χ2n) is 8.30. The van der Waals surface area contributed by atoms with Crippen molar-refractivity contribution in [3.05, 3.63) is 108 Å². The highest BCUT2D eigenvalue weighted by Gasteiger charge is 2.54. The van der Waals surface area contributed by atoms with Crippen molar-refractivity contribution >= 4 is 28.7 Å². The van der Waals surface area contributed by atoms with E-state index in [1.807, 2.05) is 66.9 Å². The van der Waals surface area contributed by atoms with Gasteiger partial charge in [-0.05, 0) is 35.6 Å². The van der Waals surface area contributed by atoms with E-state index in [9.17, 15) is 14.4 Å². The second-order valence-corrected chi connectivity index (χ2v) is 8.30. The topological polar surface area (TPSA) is 94.3 Å². The van der Waals surface area contributed by atoms with Crippen LogP contribution >= 0.6 is 0 Å². The number of hydrogen-bond acceptors (Lipinski definition) is 3. The molecule has 1 aliphatic heterocycles. The summed E-state index contributed by atoms with van der Waals surface area (Å²) in [5.74, 6) is -0.930. The molecule has 0 atom stereocenters. The molecule has 0 aliphatic carbocycles. The molecule has 3 aromatic carbocycles. The Kier molecular flexibility index (Phi) is 5.59. The second kappa shape index (κ2) is 8.86. The fourth-order valence-electron chi connectivity index (χ4n) is 4.52. The Labute approximate surface area is 196 Å². The first-order valence-corrected chi connectivity index (χ1v) is 11.2. The predicted octanol–water partition coefficient (Wildman–Crippen LogP) is 4.02. The van der Waals surface area contributed by atoms with E-state index in [-0.39, 0.29) is 12.3 Å². The van der Waals surface area contributed by atoms with Crippen LogP contribution < -0.4 is 10.7 Å². The Bertz CT molecular complexity index is 1310. The summed E-state index contributed by atoms with van der Waals surface area (Å²) in [6, 6.07) is 25.4. The van der Waals surface area contributed by atoms with Crippen molar-refractivity contribution in [3.63, 3.8) is 0 Å². The molecule has 7 heteroatoms. The Hall–Kier alpha value is -4.39. The molecular weight excluding hydrogens is 428 g/mol. The maximum absolute atomic E-state index is 13.6. The molecule has 0 unspecified atom stereocenters. The Morgan fingerprint density at radius 3 is 2.15 bits per heavy atom. The van der Waals surface area contributed by atoms with E-state index in [1.165, 1.54) is 0 Å². The van der Waals surface area contributed by atoms with E-state index in [0.717, 1.165) is 21.5 Å². The fourth-order valence-corrected chi connectivity index (χ4v) is 4.52. The molecule has 7 nitrogen and oxygen atoms in total. The van der Waals surface area contributed by atoms with Crippen molar-refractivity contribution in [2.75, 3.05) is 0 Å². The lowest BCUT2D eigenvalue weighted by atomic mass is 9.83. The fraction of sp³-hybridized carbons (Fsp3) is 0.148. The molecule has 0 spiro atoms. The van der Waals surface area contributed by atoms with Crippen LogP contribution in [0.2, 0.25) is 0 Å². The van der Waals surface area contributed by atoms with Crippen LogP contribution in [0, 0.1) is 0 Å². The smallest absolute Gasteiger partial charge is 0.344 e. The van der Waals surface area contributed by atoms with E-state index >= 15 is 0 Å². The van der Waals surface area contributed by atoms with Crippen LogP contribution in [-0.2, 0) is 21.5 Å². The first-order valence-electron chi connectivity index (χ1n) is 11.2. The molecule has 3 N–H and O–H groups in total. The summed E-state index contributed by atoms with van der Waals surface area (Å²) in [4.78, 5) is 42.4. The van der Waals surface area contributed by atoms with Crippen LogP contribution in [0.4, 0.5) is 4.79 Å². The molecule has 2 heterocycles. The third-order valence-electron chi connectivity index (χ3n) is 6.20. The molecule has 1 aliphatic rings. The van der Waals surface area contributed by atoms with Gasteiger partial charge in [0.25, 0.3) is 5.91 Å². The average Bonchev–Trinajstić information content (AvgIpc) is 3.40. The van der Waals surface area contributed by atoms with Gasteiger partial charge in [-0.25, -0.2) is 4.79 Å². The minimum atomic E-state index is -1.41. The summed E-state index contributed by atoms with van der Waals surface area (Å²) in [5, 5.41) is 4.75. The zero-order chi connectivity index (χ0) is 23.5. The van der Waals surface area contributed by atoms with Gasteiger partial charge >= 0.3 is 6.03 Å². The molecule has 1 aromatic heterocycles. The number of aromatic amines is 1. The predicted molar refractivity (Wildman–Crippen MR) is 128 cm³/mol. The number of imide groups is 1. The van der Waals surface area contributed by atoms with E-state index in [2.05, 4.69) is 15.7 Å². The number of fused-ring (bicyclic) bond motifs is 1. The molecule has 0 bridgehead atoms. The number of aryl methyl sites for hydroxylation is 1. The molecule has 1 saturated heterocycles. The van der Waals surface area contributed by atoms with Gasteiger partial charge in [-0.3, -0.25) is 15.0 Å². The van der Waals surface area contributed by atoms with Crippen LogP contribution in [0.1, 0.15) is 29.5 Å². The summed E-state index contributed by atoms with van der Waals surface area (Å²) >= 11 is 0. The van der Waals surface area contributed by atoms with E-state index in [4.69, 9.17) is 0 Å². The molecule has 170 valence electrons. The summed E-state index contributed by atoms with van der Waals surface area (Å²) in [5.41, 5.74) is 4.54. The lowest BCUT2D eigenvalue weighted by Gasteiger charge is -2.27. The van der Waals surface area contributed by atoms with E-state index in [1.54, 1.807) is 24.3 Å². The van der Waals surface area contributed by atoms with E-state index < -0.39 is 17.5 Å². The summed E-state index contributed by atoms with van der Waals surface area (Å²) in [6.45, 7) is 0. The van der Waals surface area contributed by atoms with Gasteiger partial charge in [-0.15, -0.1) is 0 Å². The first kappa shape index (κ1) is 21.5. The SMILES string of the molecule is O=C(CCCc1c[nH]c2ccccc12)NN1C(=O)NC(c2ccccc2)(c2ccccc2)C1=O. The maximum atomic E-state index is 13.6. The number of nitrogens with zero attached hydrogens (tertiary/aromatic N) is 1. The third-order valence-corrected chi connectivity index (χ3v) is 6.20. The number of carbonyl (C=O) groups is 3. The van der Waals surface area contributed by atoms with Crippen molar-refractivity contribution in [3.8, 4) is 0 Å². The lowest BCUT2D eigenvalue weighted by Crippen LogP contribution is -2.49. The monoisotopic (exact) mass is 452 g/mol. The molecule has 0 radical (unpaired) electrons. The van der Waals surface area contributed by atoms with Gasteiger partial charge < -0.3 is 10.3 Å². The number of hydrazine groups is 1. The number of benzene rings is 3. The normalized spacial score (nSPS) is 14.9. The first-order chi connectivity index (χ1) is 16.6. The lowest BCUT2D eigenvalue weighted by molar-refractivity contribution is -0.138. The van der Waals surface area contributed by atoms with Gasteiger partial charge in [0.2, 0.25) is 5.91 Å². The molecule has 4 aromatic rings. The van der Waals surface area contributed by atoms with Gasteiger partial charge in [0.15, 0.2) is 5.54 Å². The van der Waals surface area contributed by atoms with Crippen LogP contribution in [0.5, 0.6) is 0 Å². The molecule has 34 heavy (non-hydrogen) atoms. The minimum absolute atomic E-state index is 0.181. The number of hydrogen-bond donors (Lipinski definition) is 3. The number of aromatic nitrogens is 1. The number of carbonyl (C=O) groups excluding carboxylic acids is 3.